The molecule has 5 rings (SSSR count). The van der Waals surface area contributed by atoms with Crippen molar-refractivity contribution >= 4 is 23.9 Å². The van der Waals surface area contributed by atoms with Gasteiger partial charge in [-0.25, -0.2) is 4.98 Å². The molecule has 0 aliphatic heterocycles. The Morgan fingerprint density at radius 3 is 2.00 bits per heavy atom. The molecule has 228 valence electrons. The average molecular weight is 612 g/mol. The summed E-state index contributed by atoms with van der Waals surface area (Å²) in [5.41, 5.74) is 2.01. The van der Waals surface area contributed by atoms with E-state index in [1.807, 2.05) is 0 Å². The van der Waals surface area contributed by atoms with Crippen LogP contribution in [0, 0.1) is 5.92 Å². The number of pyridine rings is 1. The van der Waals surface area contributed by atoms with Gasteiger partial charge in [0.05, 0.1) is 11.1 Å². The quantitative estimate of drug-likeness (QED) is 0.225. The minimum absolute atomic E-state index is 0. The number of rotatable bonds is 9. The summed E-state index contributed by atoms with van der Waals surface area (Å²) in [5, 5.41) is 0. The number of aromatic nitrogens is 1. The van der Waals surface area contributed by atoms with Crippen molar-refractivity contribution in [3.05, 3.63) is 88.1 Å². The first kappa shape index (κ1) is 32.0. The zero-order chi connectivity index (χ0) is 29.2. The first-order valence-corrected chi connectivity index (χ1v) is 14.3. The predicted molar refractivity (Wildman–Crippen MR) is 156 cm³/mol. The molecule has 10 heteroatoms. The minimum atomic E-state index is -4.90. The van der Waals surface area contributed by atoms with Gasteiger partial charge in [-0.1, -0.05) is 25.0 Å². The highest BCUT2D eigenvalue weighted by Crippen LogP contribution is 2.38. The molecule has 3 aromatic rings. The van der Waals surface area contributed by atoms with Crippen LogP contribution in [-0.2, 0) is 38.3 Å². The molecule has 3 nitrogen and oxygen atoms in total. The van der Waals surface area contributed by atoms with E-state index in [4.69, 9.17) is 0 Å². The van der Waals surface area contributed by atoms with Gasteiger partial charge in [-0.05, 0) is 104 Å². The number of hydrogen-bond donors (Lipinski definition) is 0. The summed E-state index contributed by atoms with van der Waals surface area (Å²) in [6.07, 6.45) is -0.294. The Balaban J connectivity index is 0.00000405. The summed E-state index contributed by atoms with van der Waals surface area (Å²) in [5.74, 6) is 1.11. The molecule has 1 heterocycles. The third kappa shape index (κ3) is 7.52. The van der Waals surface area contributed by atoms with Gasteiger partial charge < -0.3 is 9.80 Å². The van der Waals surface area contributed by atoms with Crippen LogP contribution in [0.2, 0.25) is 0 Å². The number of fused-ring (bicyclic) bond motifs is 1. The molecule has 0 atom stereocenters. The third-order valence-electron chi connectivity index (χ3n) is 8.32. The standard InChI is InChI=1S/C32H35F6N3.ClH/c1-2-40(19-22-8-3-4-9-22)29-17-25-11-7-10-24(25)16-26(29)21-41(30-12-5-6-13-39-30)20-23-14-27(31(33,34)35)18-28(15-23)32(36,37)38;/h5-6,12-18,22H,2-4,7-11,19-21H2,1H3;1H. The van der Waals surface area contributed by atoms with Gasteiger partial charge in [-0.3, -0.25) is 0 Å². The van der Waals surface area contributed by atoms with Crippen LogP contribution in [0.15, 0.2) is 54.7 Å². The van der Waals surface area contributed by atoms with Gasteiger partial charge in [-0.15, -0.1) is 12.4 Å². The second kappa shape index (κ2) is 13.1. The zero-order valence-electron chi connectivity index (χ0n) is 23.6. The Kier molecular flexibility index (Phi) is 10.0. The van der Waals surface area contributed by atoms with Gasteiger partial charge in [0, 0.05) is 38.1 Å². The number of nitrogens with zero attached hydrogens (tertiary/aromatic N) is 3. The molecule has 1 aromatic heterocycles. The van der Waals surface area contributed by atoms with Crippen molar-refractivity contribution in [3.63, 3.8) is 0 Å². The molecule has 42 heavy (non-hydrogen) atoms. The van der Waals surface area contributed by atoms with Crippen LogP contribution in [0.1, 0.15) is 72.4 Å². The first-order valence-electron chi connectivity index (χ1n) is 14.3. The van der Waals surface area contributed by atoms with Gasteiger partial charge in [0.25, 0.3) is 0 Å². The number of anilines is 2. The molecule has 0 bridgehead atoms. The van der Waals surface area contributed by atoms with Crippen molar-refractivity contribution < 1.29 is 26.3 Å². The highest BCUT2D eigenvalue weighted by molar-refractivity contribution is 5.85. The number of aryl methyl sites for hydroxylation is 2. The van der Waals surface area contributed by atoms with Crippen molar-refractivity contribution in [1.29, 1.82) is 0 Å². The van der Waals surface area contributed by atoms with Crippen LogP contribution in [0.25, 0.3) is 0 Å². The fourth-order valence-electron chi connectivity index (χ4n) is 6.28. The lowest BCUT2D eigenvalue weighted by molar-refractivity contribution is -0.143. The number of halogens is 7. The smallest absolute Gasteiger partial charge is 0.371 e. The Labute approximate surface area is 249 Å². The molecule has 2 aromatic carbocycles. The Hall–Kier alpha value is -2.94. The summed E-state index contributed by atoms with van der Waals surface area (Å²) in [4.78, 5) is 8.60. The predicted octanol–water partition coefficient (Wildman–Crippen LogP) is 9.25. The van der Waals surface area contributed by atoms with E-state index in [1.165, 1.54) is 36.8 Å². The Morgan fingerprint density at radius 1 is 0.786 bits per heavy atom. The summed E-state index contributed by atoms with van der Waals surface area (Å²) in [6, 6.07) is 11.5. The number of hydrogen-bond acceptors (Lipinski definition) is 3. The lowest BCUT2D eigenvalue weighted by atomic mass is 10.00. The average Bonchev–Trinajstić information content (AvgIpc) is 3.62. The van der Waals surface area contributed by atoms with E-state index in [9.17, 15) is 26.3 Å². The maximum atomic E-state index is 13.6. The molecule has 0 N–H and O–H groups in total. The molecule has 0 saturated heterocycles. The summed E-state index contributed by atoms with van der Waals surface area (Å²) >= 11 is 0. The van der Waals surface area contributed by atoms with Gasteiger partial charge in [0.2, 0.25) is 0 Å². The molecule has 0 unspecified atom stereocenters. The van der Waals surface area contributed by atoms with Crippen molar-refractivity contribution in [1.82, 2.24) is 4.98 Å². The largest absolute Gasteiger partial charge is 0.416 e. The monoisotopic (exact) mass is 611 g/mol. The van der Waals surface area contributed by atoms with E-state index in [2.05, 4.69) is 28.9 Å². The van der Waals surface area contributed by atoms with E-state index in [-0.39, 0.29) is 30.6 Å². The van der Waals surface area contributed by atoms with Gasteiger partial charge in [0.15, 0.2) is 0 Å². The highest BCUT2D eigenvalue weighted by Gasteiger charge is 2.37. The van der Waals surface area contributed by atoms with Crippen molar-refractivity contribution in [2.45, 2.75) is 77.3 Å². The fourth-order valence-corrected chi connectivity index (χ4v) is 6.28. The van der Waals surface area contributed by atoms with Crippen LogP contribution in [0.4, 0.5) is 37.8 Å². The molecule has 0 radical (unpaired) electrons. The minimum Gasteiger partial charge on any atom is -0.371 e. The Morgan fingerprint density at radius 2 is 1.43 bits per heavy atom. The number of alkyl halides is 6. The van der Waals surface area contributed by atoms with Crippen LogP contribution < -0.4 is 9.80 Å². The summed E-state index contributed by atoms with van der Waals surface area (Å²) in [7, 11) is 0. The van der Waals surface area contributed by atoms with Crippen molar-refractivity contribution in [2.75, 3.05) is 22.9 Å². The number of benzene rings is 2. The molecule has 1 saturated carbocycles. The van der Waals surface area contributed by atoms with Crippen LogP contribution >= 0.6 is 12.4 Å². The SMILES string of the molecule is CCN(CC1CCCC1)c1cc2c(cc1CN(Cc1cc(C(F)(F)F)cc(C(F)(F)F)c1)c1ccccn1)CCC2.Cl. The maximum Gasteiger partial charge on any atom is 0.416 e. The lowest BCUT2D eigenvalue weighted by Crippen LogP contribution is -2.31. The van der Waals surface area contributed by atoms with Gasteiger partial charge in [0.1, 0.15) is 5.82 Å². The lowest BCUT2D eigenvalue weighted by Gasteiger charge is -2.32. The topological polar surface area (TPSA) is 19.4 Å². The normalized spacial score (nSPS) is 15.4. The van der Waals surface area contributed by atoms with Crippen LogP contribution in [-0.4, -0.2) is 18.1 Å². The second-order valence-electron chi connectivity index (χ2n) is 11.3. The van der Waals surface area contributed by atoms with Crippen molar-refractivity contribution in [2.24, 2.45) is 5.92 Å². The van der Waals surface area contributed by atoms with E-state index >= 15 is 0 Å². The maximum absolute atomic E-state index is 13.6. The van der Waals surface area contributed by atoms with Crippen LogP contribution in [0.3, 0.4) is 0 Å². The summed E-state index contributed by atoms with van der Waals surface area (Å²) < 4.78 is 81.7. The molecule has 1 fully saturated rings. The Bertz CT molecular complexity index is 1300. The molecule has 2 aliphatic rings. The van der Waals surface area contributed by atoms with Gasteiger partial charge in [-0.2, -0.15) is 26.3 Å². The molecular weight excluding hydrogens is 576 g/mol. The molecule has 2 aliphatic carbocycles. The van der Waals surface area contributed by atoms with Gasteiger partial charge >= 0.3 is 12.4 Å². The van der Waals surface area contributed by atoms with Crippen molar-refractivity contribution in [3.8, 4) is 0 Å². The fraction of sp³-hybridized carbons (Fsp3) is 0.469. The zero-order valence-corrected chi connectivity index (χ0v) is 24.4. The molecular formula is C32H36ClF6N3. The second-order valence-corrected chi connectivity index (χ2v) is 11.3. The molecule has 0 spiro atoms. The van der Waals surface area contributed by atoms with E-state index in [1.54, 1.807) is 29.3 Å². The van der Waals surface area contributed by atoms with E-state index in [0.717, 1.165) is 55.7 Å². The first-order chi connectivity index (χ1) is 19.5. The van der Waals surface area contributed by atoms with E-state index < -0.39 is 23.5 Å². The molecule has 0 amide bonds. The summed E-state index contributed by atoms with van der Waals surface area (Å²) in [6.45, 7) is 4.03. The third-order valence-corrected chi connectivity index (χ3v) is 8.32. The highest BCUT2D eigenvalue weighted by atomic mass is 35.5. The van der Waals surface area contributed by atoms with Crippen LogP contribution in [0.5, 0.6) is 0 Å². The van der Waals surface area contributed by atoms with E-state index in [0.29, 0.717) is 18.3 Å².